The van der Waals surface area contributed by atoms with Crippen LogP contribution in [0, 0.1) is 0 Å². The topological polar surface area (TPSA) is 52.2 Å². The maximum atomic E-state index is 11.4. The number of rotatable bonds is 2. The average molecular weight is 222 g/mol. The molecule has 0 saturated carbocycles. The van der Waals surface area contributed by atoms with Crippen molar-refractivity contribution in [2.45, 2.75) is 13.3 Å². The number of likely N-dealkylation sites (N-methyl/N-ethyl adjacent to an activating group) is 1. The van der Waals surface area contributed by atoms with Gasteiger partial charge in [0.15, 0.2) is 0 Å². The molecule has 2 rings (SSSR count). The molecule has 1 aromatic rings. The highest BCUT2D eigenvalue weighted by molar-refractivity contribution is 5.31. The molecule has 1 N–H and O–H groups in total. The monoisotopic (exact) mass is 222 g/mol. The zero-order valence-corrected chi connectivity index (χ0v) is 9.86. The molecule has 88 valence electrons. The van der Waals surface area contributed by atoms with Crippen LogP contribution < -0.4 is 10.5 Å². The maximum Gasteiger partial charge on any atom is 0.252 e. The lowest BCUT2D eigenvalue weighted by atomic mass is 10.3. The lowest BCUT2D eigenvalue weighted by Crippen LogP contribution is -2.45. The van der Waals surface area contributed by atoms with Crippen LogP contribution in [0.25, 0.3) is 0 Å². The summed E-state index contributed by atoms with van der Waals surface area (Å²) in [5.74, 6) is 0.720. The molecule has 1 aliphatic heterocycles. The van der Waals surface area contributed by atoms with Gasteiger partial charge < -0.3 is 9.80 Å². The van der Waals surface area contributed by atoms with Gasteiger partial charge in [0.05, 0.1) is 0 Å². The average Bonchev–Trinajstić information content (AvgIpc) is 2.29. The van der Waals surface area contributed by atoms with Crippen molar-refractivity contribution in [1.29, 1.82) is 0 Å². The van der Waals surface area contributed by atoms with E-state index in [4.69, 9.17) is 0 Å². The Kier molecular flexibility index (Phi) is 3.24. The lowest BCUT2D eigenvalue weighted by molar-refractivity contribution is 0.311. The summed E-state index contributed by atoms with van der Waals surface area (Å²) in [4.78, 5) is 23.1. The molecule has 2 heterocycles. The SMILES string of the molecule is CCc1cc(=O)[nH]c(N2CCN(C)CC2)n1. The van der Waals surface area contributed by atoms with Crippen molar-refractivity contribution >= 4 is 5.95 Å². The van der Waals surface area contributed by atoms with Crippen LogP contribution in [-0.4, -0.2) is 48.1 Å². The Hall–Kier alpha value is -1.36. The first-order valence-corrected chi connectivity index (χ1v) is 5.73. The number of aromatic amines is 1. The molecule has 0 radical (unpaired) electrons. The Labute approximate surface area is 95.1 Å². The maximum absolute atomic E-state index is 11.4. The fraction of sp³-hybridized carbons (Fsp3) is 0.636. The molecule has 0 amide bonds. The highest BCUT2D eigenvalue weighted by atomic mass is 16.1. The van der Waals surface area contributed by atoms with Crippen LogP contribution in [0.15, 0.2) is 10.9 Å². The fourth-order valence-corrected chi connectivity index (χ4v) is 1.84. The van der Waals surface area contributed by atoms with Crippen molar-refractivity contribution in [3.05, 3.63) is 22.1 Å². The molecule has 1 saturated heterocycles. The van der Waals surface area contributed by atoms with Crippen LogP contribution in [0.5, 0.6) is 0 Å². The molecule has 16 heavy (non-hydrogen) atoms. The molecule has 0 spiro atoms. The molecular weight excluding hydrogens is 204 g/mol. The Bertz CT molecular complexity index is 407. The highest BCUT2D eigenvalue weighted by Gasteiger charge is 2.16. The van der Waals surface area contributed by atoms with Crippen molar-refractivity contribution in [3.63, 3.8) is 0 Å². The number of hydrogen-bond donors (Lipinski definition) is 1. The molecule has 5 heteroatoms. The zero-order valence-electron chi connectivity index (χ0n) is 9.86. The summed E-state index contributed by atoms with van der Waals surface area (Å²) >= 11 is 0. The predicted molar refractivity (Wildman–Crippen MR) is 63.9 cm³/mol. The fourth-order valence-electron chi connectivity index (χ4n) is 1.84. The summed E-state index contributed by atoms with van der Waals surface area (Å²) in [5, 5.41) is 0. The normalized spacial score (nSPS) is 17.8. The second kappa shape index (κ2) is 4.65. The highest BCUT2D eigenvalue weighted by Crippen LogP contribution is 2.09. The van der Waals surface area contributed by atoms with Crippen LogP contribution in [0.3, 0.4) is 0 Å². The minimum absolute atomic E-state index is 0.0548. The Morgan fingerprint density at radius 3 is 2.69 bits per heavy atom. The summed E-state index contributed by atoms with van der Waals surface area (Å²) < 4.78 is 0. The third kappa shape index (κ3) is 2.41. The Morgan fingerprint density at radius 1 is 1.38 bits per heavy atom. The van der Waals surface area contributed by atoms with E-state index < -0.39 is 0 Å². The first-order chi connectivity index (χ1) is 7.69. The van der Waals surface area contributed by atoms with Crippen LogP contribution in [0.1, 0.15) is 12.6 Å². The van der Waals surface area contributed by atoms with Gasteiger partial charge in [0.2, 0.25) is 5.95 Å². The molecule has 1 fully saturated rings. The molecule has 0 aliphatic carbocycles. The van der Waals surface area contributed by atoms with Gasteiger partial charge in [0.25, 0.3) is 5.56 Å². The number of hydrogen-bond acceptors (Lipinski definition) is 4. The van der Waals surface area contributed by atoms with E-state index in [1.807, 2.05) is 6.92 Å². The summed E-state index contributed by atoms with van der Waals surface area (Å²) in [6.45, 7) is 5.88. The van der Waals surface area contributed by atoms with E-state index in [0.29, 0.717) is 0 Å². The number of aromatic nitrogens is 2. The van der Waals surface area contributed by atoms with Gasteiger partial charge in [-0.15, -0.1) is 0 Å². The predicted octanol–water partition coefficient (Wildman–Crippen LogP) is 0.0841. The lowest BCUT2D eigenvalue weighted by Gasteiger charge is -2.32. The summed E-state index contributed by atoms with van der Waals surface area (Å²) in [5.41, 5.74) is 0.804. The van der Waals surface area contributed by atoms with Gasteiger partial charge in [-0.25, -0.2) is 4.98 Å². The van der Waals surface area contributed by atoms with E-state index in [-0.39, 0.29) is 5.56 Å². The molecule has 5 nitrogen and oxygen atoms in total. The van der Waals surface area contributed by atoms with Gasteiger partial charge >= 0.3 is 0 Å². The molecule has 1 aromatic heterocycles. The van der Waals surface area contributed by atoms with E-state index in [9.17, 15) is 4.79 Å². The second-order valence-electron chi connectivity index (χ2n) is 4.20. The molecule has 0 unspecified atom stereocenters. The number of aryl methyl sites for hydroxylation is 1. The van der Waals surface area contributed by atoms with Crippen molar-refractivity contribution in [2.75, 3.05) is 38.1 Å². The summed E-state index contributed by atoms with van der Waals surface area (Å²) in [7, 11) is 2.11. The molecule has 0 aromatic carbocycles. The van der Waals surface area contributed by atoms with E-state index in [0.717, 1.165) is 44.2 Å². The third-order valence-corrected chi connectivity index (χ3v) is 2.95. The van der Waals surface area contributed by atoms with E-state index in [2.05, 4.69) is 26.8 Å². The molecule has 0 atom stereocenters. The van der Waals surface area contributed by atoms with E-state index in [1.165, 1.54) is 0 Å². The van der Waals surface area contributed by atoms with Gasteiger partial charge in [0, 0.05) is 37.9 Å². The smallest absolute Gasteiger partial charge is 0.252 e. The van der Waals surface area contributed by atoms with Gasteiger partial charge in [-0.05, 0) is 13.5 Å². The first-order valence-electron chi connectivity index (χ1n) is 5.73. The molecule has 0 bridgehead atoms. The van der Waals surface area contributed by atoms with E-state index >= 15 is 0 Å². The van der Waals surface area contributed by atoms with Crippen LogP contribution in [-0.2, 0) is 6.42 Å². The minimum Gasteiger partial charge on any atom is -0.340 e. The first kappa shape index (κ1) is 11.1. The van der Waals surface area contributed by atoms with Crippen molar-refractivity contribution in [3.8, 4) is 0 Å². The van der Waals surface area contributed by atoms with Crippen molar-refractivity contribution < 1.29 is 0 Å². The number of anilines is 1. The van der Waals surface area contributed by atoms with Gasteiger partial charge in [-0.3, -0.25) is 9.78 Å². The van der Waals surface area contributed by atoms with Gasteiger partial charge in [-0.1, -0.05) is 6.92 Å². The van der Waals surface area contributed by atoms with Crippen LogP contribution in [0.4, 0.5) is 5.95 Å². The standard InChI is InChI=1S/C11H18N4O/c1-3-9-8-10(16)13-11(12-9)15-6-4-14(2)5-7-15/h8H,3-7H2,1-2H3,(H,12,13,16). The summed E-state index contributed by atoms with van der Waals surface area (Å²) in [6, 6.07) is 1.57. The van der Waals surface area contributed by atoms with Crippen LogP contribution in [0.2, 0.25) is 0 Å². The van der Waals surface area contributed by atoms with E-state index in [1.54, 1.807) is 6.07 Å². The third-order valence-electron chi connectivity index (χ3n) is 2.95. The second-order valence-corrected chi connectivity index (χ2v) is 4.20. The number of nitrogens with one attached hydrogen (secondary N) is 1. The van der Waals surface area contributed by atoms with Crippen molar-refractivity contribution in [2.24, 2.45) is 0 Å². The molecule has 1 aliphatic rings. The number of nitrogens with zero attached hydrogens (tertiary/aromatic N) is 3. The minimum atomic E-state index is -0.0548. The Balaban J connectivity index is 2.20. The van der Waals surface area contributed by atoms with Gasteiger partial charge in [-0.2, -0.15) is 0 Å². The van der Waals surface area contributed by atoms with Gasteiger partial charge in [0.1, 0.15) is 0 Å². The number of piperazine rings is 1. The zero-order chi connectivity index (χ0) is 11.5. The van der Waals surface area contributed by atoms with Crippen LogP contribution >= 0.6 is 0 Å². The summed E-state index contributed by atoms with van der Waals surface area (Å²) in [6.07, 6.45) is 0.796. The number of H-pyrrole nitrogens is 1. The van der Waals surface area contributed by atoms with Crippen molar-refractivity contribution in [1.82, 2.24) is 14.9 Å². The Morgan fingerprint density at radius 2 is 2.06 bits per heavy atom. The quantitative estimate of drug-likeness (QED) is 0.770. The largest absolute Gasteiger partial charge is 0.340 e. The molecular formula is C11H18N4O.